The quantitative estimate of drug-likeness (QED) is 0.204. The van der Waals surface area contributed by atoms with Gasteiger partial charge in [-0.05, 0) is 66.5 Å². The number of fused-ring (bicyclic) bond motifs is 1. The lowest BCUT2D eigenvalue weighted by molar-refractivity contribution is -0.163. The fraction of sp³-hybridized carbons (Fsp3) is 0.389. The lowest BCUT2D eigenvalue weighted by Gasteiger charge is -2.40. The molecule has 11 heteroatoms. The number of aliphatic hydroxyl groups is 1. The highest BCUT2D eigenvalue weighted by molar-refractivity contribution is 5.92. The molecule has 11 nitrogen and oxygen atoms in total. The van der Waals surface area contributed by atoms with Crippen LogP contribution in [0, 0.1) is 6.92 Å². The number of amides is 1. The molecule has 0 bridgehead atoms. The van der Waals surface area contributed by atoms with Crippen LogP contribution >= 0.6 is 0 Å². The number of aromatic nitrogens is 4. The van der Waals surface area contributed by atoms with Crippen molar-refractivity contribution in [3.8, 4) is 16.9 Å². The Labute approximate surface area is 273 Å². The number of aryl methyl sites for hydroxylation is 1. The molecule has 1 aliphatic heterocycles. The van der Waals surface area contributed by atoms with Crippen LogP contribution in [0.5, 0.6) is 0 Å². The zero-order chi connectivity index (χ0) is 33.4. The van der Waals surface area contributed by atoms with Gasteiger partial charge in [0.15, 0.2) is 11.9 Å². The first-order valence-electron chi connectivity index (χ1n) is 16.2. The van der Waals surface area contributed by atoms with E-state index in [4.69, 9.17) is 9.72 Å². The van der Waals surface area contributed by atoms with Crippen LogP contribution in [0.2, 0.25) is 0 Å². The highest BCUT2D eigenvalue weighted by atomic mass is 16.6. The molecular formula is C36H40N6O5. The van der Waals surface area contributed by atoms with Gasteiger partial charge >= 0.3 is 11.7 Å². The molecule has 1 aliphatic carbocycles. The molecule has 1 unspecified atom stereocenters. The van der Waals surface area contributed by atoms with Crippen molar-refractivity contribution in [2.75, 3.05) is 24.5 Å². The molecule has 2 aliphatic rings. The van der Waals surface area contributed by atoms with Crippen molar-refractivity contribution >= 4 is 28.7 Å². The van der Waals surface area contributed by atoms with Crippen molar-refractivity contribution in [3.63, 3.8) is 0 Å². The molecule has 1 saturated carbocycles. The summed E-state index contributed by atoms with van der Waals surface area (Å²) < 4.78 is 7.27. The van der Waals surface area contributed by atoms with E-state index in [0.29, 0.717) is 29.1 Å². The number of carbonyl (C=O) groups excluding carboxylic acids is 2. The number of esters is 1. The highest BCUT2D eigenvalue weighted by Crippen LogP contribution is 2.46. The maximum Gasteiger partial charge on any atom is 0.355 e. The van der Waals surface area contributed by atoms with Crippen LogP contribution in [-0.2, 0) is 20.9 Å². The molecule has 47 heavy (non-hydrogen) atoms. The first kappa shape index (κ1) is 32.1. The van der Waals surface area contributed by atoms with Gasteiger partial charge in [0.05, 0.1) is 35.6 Å². The predicted molar refractivity (Wildman–Crippen MR) is 179 cm³/mol. The van der Waals surface area contributed by atoms with Crippen molar-refractivity contribution < 1.29 is 19.4 Å². The summed E-state index contributed by atoms with van der Waals surface area (Å²) in [5.41, 5.74) is 5.43. The van der Waals surface area contributed by atoms with E-state index in [9.17, 15) is 19.5 Å². The van der Waals surface area contributed by atoms with Crippen molar-refractivity contribution in [1.29, 1.82) is 0 Å². The van der Waals surface area contributed by atoms with Crippen LogP contribution in [0.25, 0.3) is 28.0 Å². The van der Waals surface area contributed by atoms with E-state index >= 15 is 0 Å². The fourth-order valence-corrected chi connectivity index (χ4v) is 6.33. The Hall–Kier alpha value is -4.90. The number of pyridine rings is 2. The number of piperazine rings is 1. The van der Waals surface area contributed by atoms with E-state index in [1.807, 2.05) is 56.0 Å². The van der Waals surface area contributed by atoms with Crippen LogP contribution in [-0.4, -0.2) is 67.3 Å². The molecule has 1 N–H and O–H groups in total. The summed E-state index contributed by atoms with van der Waals surface area (Å²) in [5, 5.41) is 10.9. The van der Waals surface area contributed by atoms with E-state index in [1.165, 1.54) is 11.0 Å². The van der Waals surface area contributed by atoms with Gasteiger partial charge in [-0.3, -0.25) is 14.6 Å². The number of hydrogen-bond donors (Lipinski definition) is 1. The number of hydrogen-bond acceptors (Lipinski definition) is 9. The van der Waals surface area contributed by atoms with E-state index in [1.54, 1.807) is 17.7 Å². The lowest BCUT2D eigenvalue weighted by Crippen LogP contribution is -2.57. The number of nitrogens with zero attached hydrogens (tertiary/aromatic N) is 6. The summed E-state index contributed by atoms with van der Waals surface area (Å²) in [6.07, 6.45) is 4.21. The van der Waals surface area contributed by atoms with Gasteiger partial charge in [0.25, 0.3) is 0 Å². The average molecular weight is 637 g/mol. The zero-order valence-corrected chi connectivity index (χ0v) is 27.3. The van der Waals surface area contributed by atoms with Crippen LogP contribution in [0.1, 0.15) is 74.3 Å². The minimum Gasteiger partial charge on any atom is -0.439 e. The van der Waals surface area contributed by atoms with Gasteiger partial charge in [0.2, 0.25) is 5.91 Å². The summed E-state index contributed by atoms with van der Waals surface area (Å²) in [6.45, 7) is 11.9. The minimum absolute atomic E-state index is 0.0105. The Morgan fingerprint density at radius 1 is 1.15 bits per heavy atom. The Morgan fingerprint density at radius 2 is 1.91 bits per heavy atom. The molecule has 1 aromatic carbocycles. The Morgan fingerprint density at radius 3 is 2.60 bits per heavy atom. The largest absolute Gasteiger partial charge is 0.439 e. The molecule has 1 saturated heterocycles. The minimum atomic E-state index is -0.888. The number of ether oxygens (including phenoxy) is 1. The number of anilines is 1. The second kappa shape index (κ2) is 13.1. The molecule has 0 spiro atoms. The van der Waals surface area contributed by atoms with E-state index in [-0.39, 0.29) is 43.9 Å². The molecule has 4 aromatic rings. The maximum atomic E-state index is 14.3. The van der Waals surface area contributed by atoms with Crippen LogP contribution in [0.4, 0.5) is 5.82 Å². The van der Waals surface area contributed by atoms with Crippen LogP contribution in [0.3, 0.4) is 0 Å². The van der Waals surface area contributed by atoms with Gasteiger partial charge in [-0.15, -0.1) is 0 Å². The molecule has 244 valence electrons. The number of benzene rings is 1. The first-order chi connectivity index (χ1) is 22.7. The van der Waals surface area contributed by atoms with E-state index < -0.39 is 17.9 Å². The van der Waals surface area contributed by atoms with Crippen LogP contribution < -0.4 is 10.6 Å². The van der Waals surface area contributed by atoms with Gasteiger partial charge in [-0.1, -0.05) is 51.6 Å². The molecular weight excluding hydrogens is 596 g/mol. The summed E-state index contributed by atoms with van der Waals surface area (Å²) in [4.78, 5) is 57.4. The summed E-state index contributed by atoms with van der Waals surface area (Å²) in [6, 6.07) is 11.6. The molecule has 4 heterocycles. The normalized spacial score (nSPS) is 16.5. The molecule has 2 fully saturated rings. The maximum absolute atomic E-state index is 14.3. The predicted octanol–water partition coefficient (Wildman–Crippen LogP) is 4.76. The number of aliphatic hydroxyl groups excluding tert-OH is 1. The monoisotopic (exact) mass is 636 g/mol. The zero-order valence-electron chi connectivity index (χ0n) is 27.3. The van der Waals surface area contributed by atoms with Crippen molar-refractivity contribution in [3.05, 3.63) is 88.1 Å². The van der Waals surface area contributed by atoms with Gasteiger partial charge in [-0.2, -0.15) is 4.98 Å². The van der Waals surface area contributed by atoms with Gasteiger partial charge in [-0.25, -0.2) is 14.3 Å². The van der Waals surface area contributed by atoms with Crippen LogP contribution in [0.15, 0.2) is 60.0 Å². The van der Waals surface area contributed by atoms with Gasteiger partial charge in [0.1, 0.15) is 5.82 Å². The number of carbonyl (C=O) groups is 2. The molecule has 1 amide bonds. The fourth-order valence-electron chi connectivity index (χ4n) is 6.33. The Kier molecular flexibility index (Phi) is 8.92. The summed E-state index contributed by atoms with van der Waals surface area (Å²) >= 11 is 0. The second-order valence-corrected chi connectivity index (χ2v) is 12.4. The average Bonchev–Trinajstić information content (AvgIpc) is 3.93. The third kappa shape index (κ3) is 6.03. The molecule has 0 radical (unpaired) electrons. The Bertz CT molecular complexity index is 1930. The molecule has 3 aromatic heterocycles. The Balaban J connectivity index is 1.63. The third-order valence-electron chi connectivity index (χ3n) is 8.91. The molecule has 1 atom stereocenters. The van der Waals surface area contributed by atoms with E-state index in [2.05, 4.69) is 22.6 Å². The second-order valence-electron chi connectivity index (χ2n) is 12.4. The van der Waals surface area contributed by atoms with E-state index in [0.717, 1.165) is 46.5 Å². The third-order valence-corrected chi connectivity index (χ3v) is 8.91. The number of rotatable bonds is 9. The first-order valence-corrected chi connectivity index (χ1v) is 16.2. The summed E-state index contributed by atoms with van der Waals surface area (Å²) in [5.74, 6) is -0.0894. The standard InChI is InChI=1S/C36H40N6O5/c1-6-28(44)41-17-16-40(19-29(41)47-30(45)7-2)34-27-18-26(23-12-13-23)32(25-11-9-8-10-24(25)20-43)38-35(27)42(36(46)39-34)33-22(5)14-15-37-31(33)21(3)4/h6,8-11,14-15,18,21,23,29,43H,1,7,12-13,16-17,19-20H2,2-5H3. The smallest absolute Gasteiger partial charge is 0.355 e. The highest BCUT2D eigenvalue weighted by Gasteiger charge is 2.35. The lowest BCUT2D eigenvalue weighted by atomic mass is 9.97. The topological polar surface area (TPSA) is 131 Å². The SMILES string of the molecule is C=CC(=O)N1CCN(c2nc(=O)n(-c3c(C)ccnc3C(C)C)c3nc(-c4ccccc4CO)c(C4CC4)cc23)CC1OC(=O)CC. The molecule has 6 rings (SSSR count). The van der Waals surface area contributed by atoms with Gasteiger partial charge < -0.3 is 19.6 Å². The van der Waals surface area contributed by atoms with Crippen molar-refractivity contribution in [1.82, 2.24) is 24.4 Å². The van der Waals surface area contributed by atoms with Crippen molar-refractivity contribution in [2.45, 2.75) is 71.6 Å². The van der Waals surface area contributed by atoms with Crippen molar-refractivity contribution in [2.24, 2.45) is 0 Å². The summed E-state index contributed by atoms with van der Waals surface area (Å²) in [7, 11) is 0. The van der Waals surface area contributed by atoms with Gasteiger partial charge in [0, 0.05) is 31.3 Å².